The fourth-order valence-corrected chi connectivity index (χ4v) is 3.05. The van der Waals surface area contributed by atoms with Gasteiger partial charge in [0.25, 0.3) is 0 Å². The van der Waals surface area contributed by atoms with Crippen LogP contribution < -0.4 is 0 Å². The van der Waals surface area contributed by atoms with Crippen molar-refractivity contribution in [2.24, 2.45) is 23.7 Å². The van der Waals surface area contributed by atoms with Gasteiger partial charge >= 0.3 is 0 Å². The van der Waals surface area contributed by atoms with Crippen LogP contribution in [0.1, 0.15) is 53.4 Å². The van der Waals surface area contributed by atoms with Crippen LogP contribution in [-0.2, 0) is 0 Å². The van der Waals surface area contributed by atoms with Gasteiger partial charge < -0.3 is 0 Å². The van der Waals surface area contributed by atoms with Gasteiger partial charge in [0.05, 0.1) is 0 Å². The minimum atomic E-state index is -2.49. The van der Waals surface area contributed by atoms with E-state index in [1.165, 1.54) is 0 Å². The molecule has 0 amide bonds. The molecule has 1 aliphatic carbocycles. The van der Waals surface area contributed by atoms with E-state index in [1.54, 1.807) is 0 Å². The molecule has 4 atom stereocenters. The molecule has 0 aromatic rings. The molecule has 0 spiro atoms. The fraction of sp³-hybridized carbons (Fsp3) is 1.00. The van der Waals surface area contributed by atoms with Gasteiger partial charge in [-0.1, -0.05) is 27.2 Å². The van der Waals surface area contributed by atoms with E-state index >= 15 is 0 Å². The van der Waals surface area contributed by atoms with Gasteiger partial charge in [-0.25, -0.2) is 8.78 Å². The molecule has 15 heavy (non-hydrogen) atoms. The molecule has 0 saturated heterocycles. The third-order valence-electron chi connectivity index (χ3n) is 4.09. The molecular weight excluding hydrogens is 194 g/mol. The number of halogens is 2. The lowest BCUT2D eigenvalue weighted by atomic mass is 9.84. The van der Waals surface area contributed by atoms with Gasteiger partial charge in [0, 0.05) is 5.92 Å². The molecule has 1 saturated carbocycles. The highest BCUT2D eigenvalue weighted by Crippen LogP contribution is 2.42. The van der Waals surface area contributed by atoms with Crippen LogP contribution in [0, 0.1) is 23.7 Å². The number of rotatable bonds is 2. The van der Waals surface area contributed by atoms with Crippen molar-refractivity contribution >= 4 is 0 Å². The summed E-state index contributed by atoms with van der Waals surface area (Å²) in [6.45, 7) is 7.53. The lowest BCUT2D eigenvalue weighted by molar-refractivity contribution is -0.0527. The van der Waals surface area contributed by atoms with E-state index < -0.39 is 11.8 Å². The molecule has 1 aliphatic rings. The molecule has 0 aromatic carbocycles. The summed E-state index contributed by atoms with van der Waals surface area (Å²) < 4.78 is 26.7. The van der Waals surface area contributed by atoms with Crippen LogP contribution >= 0.6 is 0 Å². The molecule has 2 unspecified atom stereocenters. The zero-order chi connectivity index (χ0) is 11.6. The smallest absolute Gasteiger partial charge is 0.207 e. The van der Waals surface area contributed by atoms with Crippen LogP contribution in [0.5, 0.6) is 0 Å². The first-order valence-electron chi connectivity index (χ1n) is 6.22. The van der Waals surface area contributed by atoms with Gasteiger partial charge in [-0.05, 0) is 43.9 Å². The minimum absolute atomic E-state index is 0.404. The standard InChI is InChI=1S/C13H24F2/c1-5-11-6-9(2)7-12(8-10(11)3)13(4,14)15/h9-12H,5-8H2,1-4H3/t9-,10+,11?,12?/m1/s1. The quantitative estimate of drug-likeness (QED) is 0.587. The van der Waals surface area contributed by atoms with Crippen molar-refractivity contribution in [2.45, 2.75) is 59.3 Å². The Morgan fingerprint density at radius 3 is 2.20 bits per heavy atom. The topological polar surface area (TPSA) is 0 Å². The Hall–Kier alpha value is -0.140. The van der Waals surface area contributed by atoms with Crippen molar-refractivity contribution in [1.82, 2.24) is 0 Å². The normalized spacial score (nSPS) is 38.8. The molecule has 0 bridgehead atoms. The predicted molar refractivity (Wildman–Crippen MR) is 60.1 cm³/mol. The average Bonchev–Trinajstić information content (AvgIpc) is 2.24. The first kappa shape index (κ1) is 12.9. The van der Waals surface area contributed by atoms with Gasteiger partial charge in [-0.3, -0.25) is 0 Å². The summed E-state index contributed by atoms with van der Waals surface area (Å²) in [7, 11) is 0. The van der Waals surface area contributed by atoms with E-state index in [0.717, 1.165) is 19.8 Å². The molecular formula is C13H24F2. The van der Waals surface area contributed by atoms with Gasteiger partial charge in [-0.2, -0.15) is 0 Å². The van der Waals surface area contributed by atoms with Crippen LogP contribution in [0.2, 0.25) is 0 Å². The zero-order valence-corrected chi connectivity index (χ0v) is 10.4. The van der Waals surface area contributed by atoms with Gasteiger partial charge in [0.15, 0.2) is 0 Å². The summed E-state index contributed by atoms with van der Waals surface area (Å²) in [5.41, 5.74) is 0. The van der Waals surface area contributed by atoms with Crippen LogP contribution in [0.4, 0.5) is 8.78 Å². The molecule has 0 heterocycles. The maximum absolute atomic E-state index is 13.4. The maximum Gasteiger partial charge on any atom is 0.248 e. The van der Waals surface area contributed by atoms with Crippen LogP contribution in [0.3, 0.4) is 0 Å². The second kappa shape index (κ2) is 4.80. The third kappa shape index (κ3) is 3.42. The number of hydrogen-bond acceptors (Lipinski definition) is 0. The van der Waals surface area contributed by atoms with Gasteiger partial charge in [0.2, 0.25) is 5.92 Å². The number of hydrogen-bond donors (Lipinski definition) is 0. The first-order chi connectivity index (χ1) is 6.84. The summed E-state index contributed by atoms with van der Waals surface area (Å²) in [6, 6.07) is 0. The monoisotopic (exact) mass is 218 g/mol. The van der Waals surface area contributed by atoms with E-state index in [1.807, 2.05) is 0 Å². The van der Waals surface area contributed by atoms with Gasteiger partial charge in [-0.15, -0.1) is 0 Å². The highest BCUT2D eigenvalue weighted by atomic mass is 19.3. The van der Waals surface area contributed by atoms with Crippen molar-refractivity contribution in [3.8, 4) is 0 Å². The molecule has 0 radical (unpaired) electrons. The number of alkyl halides is 2. The Bertz CT molecular complexity index is 195. The van der Waals surface area contributed by atoms with Crippen molar-refractivity contribution in [3.63, 3.8) is 0 Å². The second-order valence-electron chi connectivity index (χ2n) is 5.61. The SMILES string of the molecule is CCC1C[C@@H](C)CC(C(C)(F)F)C[C@@H]1C. The largest absolute Gasteiger partial charge is 0.248 e. The zero-order valence-electron chi connectivity index (χ0n) is 10.4. The molecule has 0 nitrogen and oxygen atoms in total. The van der Waals surface area contributed by atoms with Crippen molar-refractivity contribution in [3.05, 3.63) is 0 Å². The predicted octanol–water partition coefficient (Wildman–Crippen LogP) is 4.74. The third-order valence-corrected chi connectivity index (χ3v) is 4.09. The van der Waals surface area contributed by atoms with Crippen LogP contribution in [-0.4, -0.2) is 5.92 Å². The van der Waals surface area contributed by atoms with Crippen molar-refractivity contribution < 1.29 is 8.78 Å². The Morgan fingerprint density at radius 1 is 1.13 bits per heavy atom. The summed E-state index contributed by atoms with van der Waals surface area (Å²) >= 11 is 0. The summed E-state index contributed by atoms with van der Waals surface area (Å²) in [4.78, 5) is 0. The van der Waals surface area contributed by atoms with Crippen LogP contribution in [0.15, 0.2) is 0 Å². The van der Waals surface area contributed by atoms with Gasteiger partial charge in [0.1, 0.15) is 0 Å². The molecule has 1 rings (SSSR count). The van der Waals surface area contributed by atoms with E-state index in [-0.39, 0.29) is 0 Å². The highest BCUT2D eigenvalue weighted by Gasteiger charge is 2.39. The van der Waals surface area contributed by atoms with Crippen LogP contribution in [0.25, 0.3) is 0 Å². The molecule has 1 fully saturated rings. The second-order valence-corrected chi connectivity index (χ2v) is 5.61. The Kier molecular flexibility index (Phi) is 4.13. The molecule has 2 heteroatoms. The molecule has 0 aliphatic heterocycles. The van der Waals surface area contributed by atoms with E-state index in [4.69, 9.17) is 0 Å². The van der Waals surface area contributed by atoms with E-state index in [0.29, 0.717) is 30.6 Å². The van der Waals surface area contributed by atoms with Crippen molar-refractivity contribution in [1.29, 1.82) is 0 Å². The summed E-state index contributed by atoms with van der Waals surface area (Å²) in [5.74, 6) is -1.34. The highest BCUT2D eigenvalue weighted by molar-refractivity contribution is 4.83. The van der Waals surface area contributed by atoms with E-state index in [9.17, 15) is 8.78 Å². The lowest BCUT2D eigenvalue weighted by Gasteiger charge is -2.26. The molecule has 0 N–H and O–H groups in total. The average molecular weight is 218 g/mol. The maximum atomic E-state index is 13.4. The summed E-state index contributed by atoms with van der Waals surface area (Å²) in [5, 5.41) is 0. The summed E-state index contributed by atoms with van der Waals surface area (Å²) in [6.07, 6.45) is 3.66. The fourth-order valence-electron chi connectivity index (χ4n) is 3.05. The lowest BCUT2D eigenvalue weighted by Crippen LogP contribution is -2.26. The Balaban J connectivity index is 2.72. The van der Waals surface area contributed by atoms with Crippen molar-refractivity contribution in [2.75, 3.05) is 0 Å². The Morgan fingerprint density at radius 2 is 1.73 bits per heavy atom. The Labute approximate surface area is 92.4 Å². The molecule has 0 aromatic heterocycles. The first-order valence-corrected chi connectivity index (χ1v) is 6.22. The minimum Gasteiger partial charge on any atom is -0.207 e. The van der Waals surface area contributed by atoms with E-state index in [2.05, 4.69) is 20.8 Å². The molecule has 90 valence electrons.